The van der Waals surface area contributed by atoms with Crippen molar-refractivity contribution in [3.8, 4) is 28.5 Å². The van der Waals surface area contributed by atoms with Crippen LogP contribution in [0.5, 0.6) is 0 Å². The molecule has 14 aromatic carbocycles. The predicted octanol–water partition coefficient (Wildman–Crippen LogP) is 27.9. The van der Waals surface area contributed by atoms with Gasteiger partial charge in [-0.1, -0.05) is 231 Å². The monoisotopic (exact) mass is 1410 g/mol. The van der Waals surface area contributed by atoms with Crippen molar-refractivity contribution in [3.05, 3.63) is 284 Å². The third-order valence-corrected chi connectivity index (χ3v) is 27.2. The molecule has 10 aromatic heterocycles. The summed E-state index contributed by atoms with van der Waals surface area (Å²) >= 11 is 17.2. The molecule has 0 spiro atoms. The molecule has 0 fully saturated rings. The highest BCUT2D eigenvalue weighted by molar-refractivity contribution is 7.28. The van der Waals surface area contributed by atoms with E-state index in [0.29, 0.717) is 11.2 Å². The lowest BCUT2D eigenvalue weighted by atomic mass is 9.99. The highest BCUT2D eigenvalue weighted by Crippen LogP contribution is 2.52. The summed E-state index contributed by atoms with van der Waals surface area (Å²) in [7, 11) is 0. The van der Waals surface area contributed by atoms with Crippen LogP contribution in [0.25, 0.3) is 215 Å². The van der Waals surface area contributed by atoms with Crippen molar-refractivity contribution in [1.29, 1.82) is 0 Å². The molecule has 0 aliphatic heterocycles. The number of hydrogen-bond donors (Lipinski definition) is 1. The first-order chi connectivity index (χ1) is 50.0. The highest BCUT2D eigenvalue weighted by Gasteiger charge is 2.27. The molecule has 0 radical (unpaired) electrons. The molecule has 13 heteroatoms. The molecule has 0 saturated heterocycles. The van der Waals surface area contributed by atoms with Crippen molar-refractivity contribution in [2.75, 3.05) is 0 Å². The zero-order chi connectivity index (χ0) is 66.1. The lowest BCUT2D eigenvalue weighted by molar-refractivity contribution is 1.02. The van der Waals surface area contributed by atoms with Gasteiger partial charge in [0.15, 0.2) is 0 Å². The van der Waals surface area contributed by atoms with E-state index in [9.17, 15) is 0 Å². The van der Waals surface area contributed by atoms with Crippen LogP contribution in [-0.2, 0) is 0 Å². The Morgan fingerprint density at radius 3 is 1.20 bits per heavy atom. The van der Waals surface area contributed by atoms with Crippen LogP contribution in [-0.4, -0.2) is 29.5 Å². The van der Waals surface area contributed by atoms with Gasteiger partial charge >= 0.3 is 0 Å². The molecule has 472 valence electrons. The lowest BCUT2D eigenvalue weighted by Gasteiger charge is -2.12. The second-order valence-corrected chi connectivity index (χ2v) is 32.1. The molecule has 0 saturated carbocycles. The number of nitrogens with zero attached hydrogens (tertiary/aromatic N) is 5. The number of para-hydroxylation sites is 2. The quantitative estimate of drug-likeness (QED) is 0.179. The van der Waals surface area contributed by atoms with Crippen molar-refractivity contribution in [2.45, 2.75) is 0 Å². The summed E-state index contributed by atoms with van der Waals surface area (Å²) < 4.78 is 15.1. The Balaban J connectivity index is 0.000000106. The number of halogens is 1. The van der Waals surface area contributed by atoms with Crippen LogP contribution < -0.4 is 0 Å². The molecule has 0 unspecified atom stereocenters. The Morgan fingerprint density at radius 1 is 0.267 bits per heavy atom. The maximum atomic E-state index is 6.32. The number of H-pyrrole nitrogens is 1. The Kier molecular flexibility index (Phi) is 12.9. The van der Waals surface area contributed by atoms with E-state index >= 15 is 0 Å². The van der Waals surface area contributed by atoms with Gasteiger partial charge in [-0.2, -0.15) is 0 Å². The largest absolute Gasteiger partial charge is 0.353 e. The second-order valence-electron chi connectivity index (χ2n) is 25.5. The van der Waals surface area contributed by atoms with Crippen LogP contribution in [0.4, 0.5) is 0 Å². The van der Waals surface area contributed by atoms with E-state index in [1.54, 1.807) is 34.0 Å². The van der Waals surface area contributed by atoms with Crippen LogP contribution in [0.15, 0.2) is 279 Å². The number of thiophene rings is 6. The summed E-state index contributed by atoms with van der Waals surface area (Å²) in [6.07, 6.45) is 0. The zero-order valence-electron chi connectivity index (χ0n) is 53.1. The molecule has 24 aromatic rings. The Morgan fingerprint density at radius 2 is 0.644 bits per heavy atom. The molecular formula is C88H47ClN6S6. The van der Waals surface area contributed by atoms with Crippen LogP contribution in [0.3, 0.4) is 0 Å². The van der Waals surface area contributed by atoms with Crippen LogP contribution in [0.2, 0.25) is 5.28 Å². The molecule has 0 aliphatic rings. The summed E-state index contributed by atoms with van der Waals surface area (Å²) in [5.74, 6) is 0.706. The molecule has 1 N–H and O–H groups in total. The minimum atomic E-state index is 0.294. The fourth-order valence-corrected chi connectivity index (χ4v) is 23.2. The maximum Gasteiger partial charge on any atom is 0.236 e. The van der Waals surface area contributed by atoms with Crippen LogP contribution in [0, 0.1) is 0 Å². The highest BCUT2D eigenvalue weighted by atomic mass is 35.5. The van der Waals surface area contributed by atoms with Gasteiger partial charge in [-0.05, 0) is 81.7 Å². The lowest BCUT2D eigenvalue weighted by Crippen LogP contribution is -2.03. The first-order valence-corrected chi connectivity index (χ1v) is 38.6. The molecule has 0 bridgehead atoms. The normalized spacial score (nSPS) is 12.2. The summed E-state index contributed by atoms with van der Waals surface area (Å²) in [5.41, 5.74) is 8.94. The van der Waals surface area contributed by atoms with Gasteiger partial charge in [-0.15, -0.1) is 68.0 Å². The van der Waals surface area contributed by atoms with Gasteiger partial charge in [0.25, 0.3) is 0 Å². The number of hydrogen-bond acceptors (Lipinski definition) is 10. The minimum Gasteiger partial charge on any atom is -0.353 e. The van der Waals surface area contributed by atoms with Crippen molar-refractivity contribution in [1.82, 2.24) is 29.5 Å². The molecule has 24 rings (SSSR count). The Labute approximate surface area is 603 Å². The van der Waals surface area contributed by atoms with E-state index in [4.69, 9.17) is 21.6 Å². The van der Waals surface area contributed by atoms with Crippen LogP contribution >= 0.6 is 79.6 Å². The molecule has 0 atom stereocenters. The van der Waals surface area contributed by atoms with Gasteiger partial charge in [-0.3, -0.25) is 4.57 Å². The molecule has 10 heterocycles. The first kappa shape index (κ1) is 57.8. The SMILES string of the molecule is Clc1nc(-c2cccc3c2sc2ccccc23)c2c(n1)sc1ccccc12.c1ccc2c(c1)[nH]c1c3sc4ccccc4c3c3ccccc3c21.c1ccc2c(c1)sc1c(-c3nc(-n4c5ccccc5c5c6ccccc6c6c7ccccc7sc6c54)nc4sc5ccccc5c34)cccc12. The number of fused-ring (bicyclic) bond motifs is 32. The van der Waals surface area contributed by atoms with Gasteiger partial charge in [0.05, 0.1) is 37.3 Å². The Hall–Kier alpha value is -11.0. The van der Waals surface area contributed by atoms with E-state index < -0.39 is 0 Å². The second kappa shape index (κ2) is 22.5. The van der Waals surface area contributed by atoms with Gasteiger partial charge in [0, 0.05) is 140 Å². The summed E-state index contributed by atoms with van der Waals surface area (Å²) in [4.78, 5) is 26.0. The third kappa shape index (κ3) is 8.65. The van der Waals surface area contributed by atoms with Gasteiger partial charge in [-0.25, -0.2) is 19.9 Å². The molecule has 0 amide bonds. The fraction of sp³-hybridized carbons (Fsp3) is 0. The molecular weight excluding hydrogens is 1370 g/mol. The van der Waals surface area contributed by atoms with E-state index in [2.05, 4.69) is 299 Å². The fourth-order valence-electron chi connectivity index (χ4n) is 15.9. The van der Waals surface area contributed by atoms with Gasteiger partial charge < -0.3 is 4.98 Å². The summed E-state index contributed by atoms with van der Waals surface area (Å²) in [5, 5.41) is 25.7. The number of nitrogens with one attached hydrogen (secondary N) is 1. The topological polar surface area (TPSA) is 72.3 Å². The Bertz CT molecular complexity index is 7540. The van der Waals surface area contributed by atoms with E-state index in [1.807, 2.05) is 34.0 Å². The number of benzene rings is 14. The third-order valence-electron chi connectivity index (χ3n) is 20.1. The van der Waals surface area contributed by atoms with Crippen molar-refractivity contribution >= 4 is 266 Å². The van der Waals surface area contributed by atoms with Crippen molar-refractivity contribution in [3.63, 3.8) is 0 Å². The van der Waals surface area contributed by atoms with E-state index in [1.165, 1.54) is 161 Å². The van der Waals surface area contributed by atoms with Gasteiger partial charge in [0.2, 0.25) is 11.2 Å². The number of aromatic nitrogens is 6. The van der Waals surface area contributed by atoms with E-state index in [-0.39, 0.29) is 0 Å². The first-order valence-electron chi connectivity index (χ1n) is 33.4. The average molecular weight is 1420 g/mol. The van der Waals surface area contributed by atoms with Gasteiger partial charge in [0.1, 0.15) is 9.66 Å². The summed E-state index contributed by atoms with van der Waals surface area (Å²) in [6, 6.07) is 100. The smallest absolute Gasteiger partial charge is 0.236 e. The number of aromatic amines is 1. The average Bonchev–Trinajstić information content (AvgIpc) is 1.55. The zero-order valence-corrected chi connectivity index (χ0v) is 58.8. The predicted molar refractivity (Wildman–Crippen MR) is 442 cm³/mol. The van der Waals surface area contributed by atoms with E-state index in [0.717, 1.165) is 48.5 Å². The van der Waals surface area contributed by atoms with Crippen LogP contribution in [0.1, 0.15) is 0 Å². The molecule has 0 aliphatic carbocycles. The van der Waals surface area contributed by atoms with Crippen molar-refractivity contribution in [2.24, 2.45) is 0 Å². The minimum absolute atomic E-state index is 0.294. The molecule has 6 nitrogen and oxygen atoms in total. The van der Waals surface area contributed by atoms with Crippen molar-refractivity contribution < 1.29 is 0 Å². The maximum absolute atomic E-state index is 6.32. The number of rotatable bonds is 3. The summed E-state index contributed by atoms with van der Waals surface area (Å²) in [6.45, 7) is 0. The standard InChI is InChI=1S/C44H23N3S3.C22H11ClN2S2.C22H13NS/c1-2-14-26-25(13-1)36-28-15-3-7-20-32(28)47(40(36)42-37(26)29-16-5-9-22-34(29)49-42)44-45-39(38-30-17-6-10-23-35(30)50-43(38)46-44)31-19-11-18-27-24-12-4-8-21-33(24)48-41(27)31;23-22-24-19(18-14-7-2-4-11-17(14)27-21(18)25-22)15-9-5-8-13-12-6-1-3-10-16(12)26-20(13)15;1-2-8-14-13(7-1)19-15-9-3-5-11-17(15)23-21(19)22-20(14)16-10-4-6-12-18(16)24-22/h1-23H;1-11H;1-12,23H. The molecule has 101 heavy (non-hydrogen) atoms.